The van der Waals surface area contributed by atoms with Crippen molar-refractivity contribution in [2.24, 2.45) is 5.10 Å². The molecule has 0 saturated heterocycles. The molecule has 0 saturated carbocycles. The van der Waals surface area contributed by atoms with Crippen molar-refractivity contribution in [1.82, 2.24) is 15.2 Å². The van der Waals surface area contributed by atoms with Crippen LogP contribution in [0.5, 0.6) is 0 Å². The first-order chi connectivity index (χ1) is 14.6. The Labute approximate surface area is 177 Å². The second kappa shape index (κ2) is 8.71. The number of hydrazone groups is 1. The monoisotopic (exact) mass is 416 g/mol. The maximum absolute atomic E-state index is 12.9. The van der Waals surface area contributed by atoms with Crippen LogP contribution < -0.4 is 11.0 Å². The van der Waals surface area contributed by atoms with E-state index < -0.39 is 5.91 Å². The topological polar surface area (TPSA) is 76.3 Å². The van der Waals surface area contributed by atoms with Crippen LogP contribution in [0.15, 0.2) is 88.8 Å². The molecule has 1 heterocycles. The lowest BCUT2D eigenvalue weighted by atomic mass is 10.1. The van der Waals surface area contributed by atoms with Gasteiger partial charge in [-0.15, -0.1) is 0 Å². The Bertz CT molecular complexity index is 1280. The average molecular weight is 417 g/mol. The summed E-state index contributed by atoms with van der Waals surface area (Å²) in [5, 5.41) is 10.2. The molecule has 0 radical (unpaired) electrons. The smallest absolute Gasteiger partial charge is 0.271 e. The summed E-state index contributed by atoms with van der Waals surface area (Å²) < 4.78 is 1.15. The number of rotatable bonds is 5. The normalized spacial score (nSPS) is 11.1. The summed E-state index contributed by atoms with van der Waals surface area (Å²) in [5.41, 5.74) is 4.34. The molecule has 1 amide bonds. The Balaban J connectivity index is 1.64. The third-order valence-corrected chi connectivity index (χ3v) is 4.73. The number of hydrogen-bond donors (Lipinski definition) is 1. The van der Waals surface area contributed by atoms with Gasteiger partial charge in [-0.2, -0.15) is 10.2 Å². The molecule has 4 aromatic rings. The highest BCUT2D eigenvalue weighted by Crippen LogP contribution is 2.25. The maximum atomic E-state index is 12.9. The number of nitrogens with one attached hydrogen (secondary N) is 1. The Morgan fingerprint density at radius 3 is 2.37 bits per heavy atom. The van der Waals surface area contributed by atoms with Gasteiger partial charge in [-0.3, -0.25) is 9.59 Å². The van der Waals surface area contributed by atoms with Crippen LogP contribution in [0, 0.1) is 0 Å². The zero-order valence-electron chi connectivity index (χ0n) is 15.8. The molecule has 6 nitrogen and oxygen atoms in total. The van der Waals surface area contributed by atoms with E-state index in [1.54, 1.807) is 24.3 Å². The Morgan fingerprint density at radius 2 is 1.63 bits per heavy atom. The lowest BCUT2D eigenvalue weighted by Crippen LogP contribution is -2.32. The predicted octanol–water partition coefficient (Wildman–Crippen LogP) is 3.87. The molecular formula is C23H17ClN4O2. The van der Waals surface area contributed by atoms with Gasteiger partial charge in [-0.25, -0.2) is 10.1 Å². The van der Waals surface area contributed by atoms with E-state index in [-0.39, 0.29) is 12.1 Å². The number of carbonyl (C=O) groups is 1. The minimum Gasteiger partial charge on any atom is -0.271 e. The van der Waals surface area contributed by atoms with Crippen molar-refractivity contribution < 1.29 is 4.79 Å². The molecule has 1 aromatic heterocycles. The highest BCUT2D eigenvalue weighted by atomic mass is 35.5. The fourth-order valence-electron chi connectivity index (χ4n) is 3.05. The van der Waals surface area contributed by atoms with E-state index in [1.807, 2.05) is 54.6 Å². The highest BCUT2D eigenvalue weighted by Gasteiger charge is 2.14. The maximum Gasteiger partial charge on any atom is 0.275 e. The summed E-state index contributed by atoms with van der Waals surface area (Å²) in [5.74, 6) is -0.450. The van der Waals surface area contributed by atoms with Crippen molar-refractivity contribution in [3.05, 3.63) is 99.8 Å². The lowest BCUT2D eigenvalue weighted by Gasteiger charge is -2.11. The van der Waals surface area contributed by atoms with E-state index in [2.05, 4.69) is 15.6 Å². The van der Waals surface area contributed by atoms with Gasteiger partial charge in [-0.1, -0.05) is 72.3 Å². The number of hydrogen-bond acceptors (Lipinski definition) is 4. The van der Waals surface area contributed by atoms with Crippen LogP contribution in [0.1, 0.15) is 5.56 Å². The summed E-state index contributed by atoms with van der Waals surface area (Å²) in [7, 11) is 0. The number of nitrogens with zero attached hydrogens (tertiary/aromatic N) is 3. The minimum atomic E-state index is -0.450. The van der Waals surface area contributed by atoms with E-state index in [1.165, 1.54) is 6.21 Å². The Hall–Kier alpha value is -3.77. The number of amides is 1. The van der Waals surface area contributed by atoms with E-state index in [9.17, 15) is 9.59 Å². The van der Waals surface area contributed by atoms with Gasteiger partial charge < -0.3 is 0 Å². The Morgan fingerprint density at radius 1 is 0.967 bits per heavy atom. The predicted molar refractivity (Wildman–Crippen MR) is 119 cm³/mol. The molecule has 4 rings (SSSR count). The van der Waals surface area contributed by atoms with E-state index in [0.29, 0.717) is 21.5 Å². The standard InChI is InChI=1S/C23H17ClN4O2/c24-18-12-10-17(11-13-18)22-19-8-4-5-9-20(19)23(30)28(27-22)15-21(29)26-25-14-16-6-2-1-3-7-16/h1-14H,15H2,(H,26,29)/b25-14+. The van der Waals surface area contributed by atoms with E-state index in [0.717, 1.165) is 15.8 Å². The highest BCUT2D eigenvalue weighted by molar-refractivity contribution is 6.30. The van der Waals surface area contributed by atoms with Gasteiger partial charge in [0.15, 0.2) is 0 Å². The molecule has 0 spiro atoms. The second-order valence-corrected chi connectivity index (χ2v) is 7.00. The third-order valence-electron chi connectivity index (χ3n) is 4.48. The molecule has 0 unspecified atom stereocenters. The zero-order chi connectivity index (χ0) is 20.9. The molecule has 0 aliphatic rings. The first-order valence-electron chi connectivity index (χ1n) is 9.24. The average Bonchev–Trinajstić information content (AvgIpc) is 2.77. The molecule has 148 valence electrons. The van der Waals surface area contributed by atoms with Crippen LogP contribution in [0.3, 0.4) is 0 Å². The second-order valence-electron chi connectivity index (χ2n) is 6.57. The van der Waals surface area contributed by atoms with Crippen LogP contribution in [0.4, 0.5) is 0 Å². The van der Waals surface area contributed by atoms with Crippen LogP contribution in [-0.2, 0) is 11.3 Å². The summed E-state index contributed by atoms with van der Waals surface area (Å²) >= 11 is 5.99. The van der Waals surface area contributed by atoms with Crippen LogP contribution in [0.25, 0.3) is 22.0 Å². The fraction of sp³-hybridized carbons (Fsp3) is 0.0435. The molecule has 0 bridgehead atoms. The van der Waals surface area contributed by atoms with Crippen molar-refractivity contribution in [2.75, 3.05) is 0 Å². The van der Waals surface area contributed by atoms with Crippen molar-refractivity contribution in [3.63, 3.8) is 0 Å². The number of halogens is 1. The minimum absolute atomic E-state index is 0.254. The molecule has 30 heavy (non-hydrogen) atoms. The fourth-order valence-corrected chi connectivity index (χ4v) is 3.18. The zero-order valence-corrected chi connectivity index (χ0v) is 16.6. The van der Waals surface area contributed by atoms with Gasteiger partial charge in [0.05, 0.1) is 17.3 Å². The number of aromatic nitrogens is 2. The van der Waals surface area contributed by atoms with E-state index >= 15 is 0 Å². The summed E-state index contributed by atoms with van der Waals surface area (Å²) in [4.78, 5) is 25.2. The van der Waals surface area contributed by atoms with Gasteiger partial charge in [-0.05, 0) is 23.8 Å². The Kier molecular flexibility index (Phi) is 5.68. The molecule has 3 aromatic carbocycles. The molecular weight excluding hydrogens is 400 g/mol. The van der Waals surface area contributed by atoms with Crippen LogP contribution in [-0.4, -0.2) is 21.9 Å². The van der Waals surface area contributed by atoms with Gasteiger partial charge in [0.25, 0.3) is 11.5 Å². The first kappa shape index (κ1) is 19.5. The largest absolute Gasteiger partial charge is 0.275 e. The van der Waals surface area contributed by atoms with Gasteiger partial charge in [0.2, 0.25) is 0 Å². The van der Waals surface area contributed by atoms with Crippen molar-refractivity contribution >= 4 is 34.5 Å². The van der Waals surface area contributed by atoms with Crippen molar-refractivity contribution in [2.45, 2.75) is 6.54 Å². The molecule has 0 aliphatic heterocycles. The third kappa shape index (κ3) is 4.29. The molecule has 1 N–H and O–H groups in total. The molecule has 0 fully saturated rings. The van der Waals surface area contributed by atoms with Crippen molar-refractivity contribution in [1.29, 1.82) is 0 Å². The number of carbonyl (C=O) groups excluding carboxylic acids is 1. The quantitative estimate of drug-likeness (QED) is 0.396. The van der Waals surface area contributed by atoms with Crippen molar-refractivity contribution in [3.8, 4) is 11.3 Å². The number of benzene rings is 3. The van der Waals surface area contributed by atoms with Gasteiger partial charge in [0, 0.05) is 16.0 Å². The van der Waals surface area contributed by atoms with Crippen LogP contribution in [0.2, 0.25) is 5.02 Å². The summed E-state index contributed by atoms with van der Waals surface area (Å²) in [6, 6.07) is 23.7. The van der Waals surface area contributed by atoms with Gasteiger partial charge >= 0.3 is 0 Å². The number of fused-ring (bicyclic) bond motifs is 1. The SMILES string of the molecule is O=C(Cn1nc(-c2ccc(Cl)cc2)c2ccccc2c1=O)N/N=C/c1ccccc1. The lowest BCUT2D eigenvalue weighted by molar-refractivity contribution is -0.121. The molecule has 0 atom stereocenters. The van der Waals surface area contributed by atoms with Crippen LogP contribution >= 0.6 is 11.6 Å². The summed E-state index contributed by atoms with van der Waals surface area (Å²) in [6.45, 7) is -0.254. The molecule has 0 aliphatic carbocycles. The summed E-state index contributed by atoms with van der Waals surface area (Å²) in [6.07, 6.45) is 1.54. The van der Waals surface area contributed by atoms with E-state index in [4.69, 9.17) is 11.6 Å². The first-order valence-corrected chi connectivity index (χ1v) is 9.62. The van der Waals surface area contributed by atoms with Gasteiger partial charge in [0.1, 0.15) is 6.54 Å². The molecule has 7 heteroatoms.